The van der Waals surface area contributed by atoms with Gasteiger partial charge in [0, 0.05) is 67.4 Å². The molecule has 11 aromatic carbocycles. The van der Waals surface area contributed by atoms with Crippen LogP contribution in [0.1, 0.15) is 58.2 Å². The highest BCUT2D eigenvalue weighted by Gasteiger charge is 2.47. The van der Waals surface area contributed by atoms with Crippen LogP contribution in [0, 0.1) is 6.92 Å². The first kappa shape index (κ1) is 49.0. The highest BCUT2D eigenvalue weighted by Crippen LogP contribution is 2.53. The molecule has 3 heterocycles. The molecule has 1 aromatic heterocycles. The van der Waals surface area contributed by atoms with Gasteiger partial charge in [0.1, 0.15) is 11.2 Å². The number of rotatable bonds is 8. The summed E-state index contributed by atoms with van der Waals surface area (Å²) in [7, 11) is 0. The lowest BCUT2D eigenvalue weighted by Crippen LogP contribution is -2.61. The number of nitrogens with zero attached hydrogens (tertiary/aromatic N) is 3. The van der Waals surface area contributed by atoms with E-state index in [4.69, 9.17) is 4.42 Å². The fourth-order valence-electron chi connectivity index (χ4n) is 12.5. The van der Waals surface area contributed by atoms with Crippen LogP contribution in [0.2, 0.25) is 0 Å². The molecule has 0 spiro atoms. The summed E-state index contributed by atoms with van der Waals surface area (Å²) in [4.78, 5) is 7.63. The Morgan fingerprint density at radius 3 is 1.51 bits per heavy atom. The number of aryl methyl sites for hydroxylation is 1. The Kier molecular flexibility index (Phi) is 11.6. The molecule has 0 fully saturated rings. The summed E-state index contributed by atoms with van der Waals surface area (Å²) in [6.07, 6.45) is 0. The first-order valence-corrected chi connectivity index (χ1v) is 28.1. The van der Waals surface area contributed by atoms with Gasteiger partial charge in [0.2, 0.25) is 0 Å². The van der Waals surface area contributed by atoms with Crippen LogP contribution in [0.25, 0.3) is 66.4 Å². The van der Waals surface area contributed by atoms with Crippen LogP contribution in [0.3, 0.4) is 0 Å². The van der Waals surface area contributed by atoms with Gasteiger partial charge in [-0.25, -0.2) is 0 Å². The smallest absolute Gasteiger partial charge is 0.333 e. The number of hydrogen-bond donors (Lipinski definition) is 0. The Morgan fingerprint density at radius 1 is 0.400 bits per heavy atom. The van der Waals surface area contributed by atoms with Gasteiger partial charge in [0.15, 0.2) is 0 Å². The number of hydrogen-bond acceptors (Lipinski definition) is 4. The Labute approximate surface area is 471 Å². The molecule has 0 N–H and O–H groups in total. The van der Waals surface area contributed by atoms with Crippen molar-refractivity contribution in [2.75, 3.05) is 14.6 Å². The van der Waals surface area contributed by atoms with Crippen molar-refractivity contribution in [3.8, 4) is 44.5 Å². The molecule has 0 unspecified atom stereocenters. The molecule has 12 aromatic rings. The zero-order valence-corrected chi connectivity index (χ0v) is 46.5. The summed E-state index contributed by atoms with van der Waals surface area (Å²) in [6.45, 7) is 15.7. The average Bonchev–Trinajstić information content (AvgIpc) is 4.02. The average molecular weight is 1030 g/mol. The normalized spacial score (nSPS) is 12.9. The van der Waals surface area contributed by atoms with Gasteiger partial charge in [-0.3, -0.25) is 0 Å². The molecule has 0 amide bonds. The molecule has 0 atom stereocenters. The molecule has 14 rings (SSSR count). The first-order chi connectivity index (χ1) is 38.9. The monoisotopic (exact) mass is 1030 g/mol. The van der Waals surface area contributed by atoms with E-state index in [9.17, 15) is 0 Å². The van der Waals surface area contributed by atoms with Crippen LogP contribution < -0.4 is 25.5 Å². The maximum absolute atomic E-state index is 7.25. The second kappa shape index (κ2) is 19.0. The summed E-state index contributed by atoms with van der Waals surface area (Å²) in [5.74, 6) is 0. The summed E-state index contributed by atoms with van der Waals surface area (Å²) < 4.78 is 7.25. The van der Waals surface area contributed by atoms with Crippen LogP contribution in [0.15, 0.2) is 253 Å². The van der Waals surface area contributed by atoms with E-state index in [0.717, 1.165) is 84.1 Å². The number of benzene rings is 11. The first-order valence-electron chi connectivity index (χ1n) is 28.1. The minimum atomic E-state index is -0.291. The molecule has 80 heavy (non-hydrogen) atoms. The summed E-state index contributed by atoms with van der Waals surface area (Å²) in [5, 5.41) is 2.19. The third-order valence-electron chi connectivity index (χ3n) is 16.7. The van der Waals surface area contributed by atoms with Crippen molar-refractivity contribution in [1.82, 2.24) is 0 Å². The Hall–Kier alpha value is -9.32. The summed E-state index contributed by atoms with van der Waals surface area (Å²) in [5.41, 5.74) is 26.1. The topological polar surface area (TPSA) is 22.9 Å². The zero-order chi connectivity index (χ0) is 54.4. The van der Waals surface area contributed by atoms with Crippen molar-refractivity contribution in [2.45, 2.75) is 59.3 Å². The standard InChI is InChI=1S/C75H62BN3O/c1-49-27-28-55(52-23-15-10-16-24-52)46-67(49)78-66-44-31-54(51-21-13-9-14-22-51)45-65(66)76-72-69(78)48-64-62-25-17-18-26-70(62)80-73(64)71(72)63-43-42-61(47-68(63)79(76)60-36-29-53(30-37-60)50-19-11-8-12-20-50)77(58-38-32-56(33-39-58)74(2,3)4)59-40-34-57(35-41-59)75(5,6)7/h8-48H,1-7H3. The fraction of sp³-hybridized carbons (Fsp3) is 0.120. The highest BCUT2D eigenvalue weighted by atomic mass is 16.3. The molecule has 0 aliphatic carbocycles. The molecule has 2 aliphatic heterocycles. The largest absolute Gasteiger partial charge is 0.455 e. The molecule has 4 nitrogen and oxygen atoms in total. The SMILES string of the molecule is Cc1ccc(-c2ccccc2)cc1N1c2ccc(-c3ccccc3)cc2B2c3c1cc1c(oc4ccccc41)c3-c1ccc(N(c3ccc(C(C)(C)C)cc3)c3ccc(C(C)(C)C)cc3)cc1N2c1ccc(-c2ccccc2)cc1. The molecule has 2 aliphatic rings. The van der Waals surface area contributed by atoms with Crippen LogP contribution in [0.5, 0.6) is 0 Å². The fourth-order valence-corrected chi connectivity index (χ4v) is 12.5. The molecule has 386 valence electrons. The Morgan fingerprint density at radius 2 is 0.912 bits per heavy atom. The molecule has 0 saturated carbocycles. The van der Waals surface area contributed by atoms with Crippen molar-refractivity contribution in [3.63, 3.8) is 0 Å². The van der Waals surface area contributed by atoms with E-state index < -0.39 is 0 Å². The predicted molar refractivity (Wildman–Crippen MR) is 341 cm³/mol. The Balaban J connectivity index is 1.09. The van der Waals surface area contributed by atoms with Gasteiger partial charge in [-0.1, -0.05) is 217 Å². The third kappa shape index (κ3) is 8.30. The van der Waals surface area contributed by atoms with E-state index in [2.05, 4.69) is 312 Å². The van der Waals surface area contributed by atoms with E-state index >= 15 is 0 Å². The highest BCUT2D eigenvalue weighted by molar-refractivity contribution is 6.94. The summed E-state index contributed by atoms with van der Waals surface area (Å²) >= 11 is 0. The maximum atomic E-state index is 7.25. The molecule has 0 saturated heterocycles. The molecular weight excluding hydrogens is 970 g/mol. The molecule has 5 heteroatoms. The van der Waals surface area contributed by atoms with Crippen LogP contribution >= 0.6 is 0 Å². The van der Waals surface area contributed by atoms with Crippen molar-refractivity contribution < 1.29 is 4.42 Å². The third-order valence-corrected chi connectivity index (χ3v) is 16.7. The quantitative estimate of drug-likeness (QED) is 0.142. The van der Waals surface area contributed by atoms with Gasteiger partial charge in [0.05, 0.1) is 0 Å². The Bertz CT molecular complexity index is 4250. The number of furan rings is 1. The number of fused-ring (bicyclic) bond motifs is 8. The van der Waals surface area contributed by atoms with Gasteiger partial charge in [-0.15, -0.1) is 0 Å². The van der Waals surface area contributed by atoms with E-state index in [1.165, 1.54) is 55.4 Å². The minimum Gasteiger partial charge on any atom is -0.455 e. The molecular formula is C75H62BN3O. The molecule has 0 radical (unpaired) electrons. The van der Waals surface area contributed by atoms with E-state index in [1.807, 2.05) is 0 Å². The minimum absolute atomic E-state index is 0.00394. The van der Waals surface area contributed by atoms with E-state index in [1.54, 1.807) is 0 Å². The number of anilines is 8. The van der Waals surface area contributed by atoms with Crippen molar-refractivity contribution in [2.24, 2.45) is 0 Å². The van der Waals surface area contributed by atoms with E-state index in [-0.39, 0.29) is 17.7 Å². The van der Waals surface area contributed by atoms with Gasteiger partial charge in [-0.2, -0.15) is 0 Å². The second-order valence-electron chi connectivity index (χ2n) is 23.8. The van der Waals surface area contributed by atoms with Gasteiger partial charge in [0.25, 0.3) is 0 Å². The van der Waals surface area contributed by atoms with Gasteiger partial charge in [-0.05, 0) is 152 Å². The zero-order valence-electron chi connectivity index (χ0n) is 46.5. The predicted octanol–water partition coefficient (Wildman–Crippen LogP) is 19.7. The summed E-state index contributed by atoms with van der Waals surface area (Å²) in [6, 6.07) is 92.2. The van der Waals surface area contributed by atoms with Crippen LogP contribution in [-0.4, -0.2) is 6.85 Å². The van der Waals surface area contributed by atoms with Gasteiger partial charge < -0.3 is 19.0 Å². The van der Waals surface area contributed by atoms with Crippen molar-refractivity contribution >= 4 is 85.2 Å². The lowest BCUT2D eigenvalue weighted by Gasteiger charge is -2.46. The van der Waals surface area contributed by atoms with Crippen LogP contribution in [0.4, 0.5) is 45.5 Å². The van der Waals surface area contributed by atoms with Crippen molar-refractivity contribution in [1.29, 1.82) is 0 Å². The second-order valence-corrected chi connectivity index (χ2v) is 23.8. The van der Waals surface area contributed by atoms with Gasteiger partial charge >= 0.3 is 6.85 Å². The van der Waals surface area contributed by atoms with Crippen molar-refractivity contribution in [3.05, 3.63) is 265 Å². The molecule has 0 bridgehead atoms. The van der Waals surface area contributed by atoms with Crippen LogP contribution in [-0.2, 0) is 10.8 Å². The lowest BCUT2D eigenvalue weighted by molar-refractivity contribution is 0.590. The maximum Gasteiger partial charge on any atom is 0.333 e. The number of para-hydroxylation sites is 1. The van der Waals surface area contributed by atoms with E-state index in [0.29, 0.717) is 0 Å². The lowest BCUT2D eigenvalue weighted by atomic mass is 9.43.